The maximum atomic E-state index is 13.0. The summed E-state index contributed by atoms with van der Waals surface area (Å²) < 4.78 is 69.4. The molecule has 0 aliphatic heterocycles. The fourth-order valence-corrected chi connectivity index (χ4v) is 5.65. The number of para-hydroxylation sites is 2. The zero-order chi connectivity index (χ0) is 25.1. The van der Waals surface area contributed by atoms with Gasteiger partial charge in [0.1, 0.15) is 5.75 Å². The average Bonchev–Trinajstić information content (AvgIpc) is 2.82. The third-order valence-electron chi connectivity index (χ3n) is 5.90. The third kappa shape index (κ3) is 6.14. The lowest BCUT2D eigenvalue weighted by Crippen LogP contribution is -2.55. The Bertz CT molecular complexity index is 1170. The van der Waals surface area contributed by atoms with E-state index in [1.165, 1.54) is 0 Å². The van der Waals surface area contributed by atoms with Gasteiger partial charge in [-0.2, -0.15) is 0 Å². The van der Waals surface area contributed by atoms with Crippen LogP contribution in [0.5, 0.6) is 5.75 Å². The highest BCUT2D eigenvalue weighted by molar-refractivity contribution is 7.89. The number of sulfonamides is 1. The van der Waals surface area contributed by atoms with Crippen molar-refractivity contribution in [2.24, 2.45) is 0 Å². The van der Waals surface area contributed by atoms with Crippen LogP contribution >= 0.6 is 0 Å². The van der Waals surface area contributed by atoms with E-state index in [1.54, 1.807) is 0 Å². The fraction of sp³-hybridized carbons (Fsp3) is 0.280. The van der Waals surface area contributed by atoms with Crippen molar-refractivity contribution in [3.63, 3.8) is 0 Å². The Hall–Kier alpha value is -3.08. The van der Waals surface area contributed by atoms with Gasteiger partial charge in [-0.3, -0.25) is 0 Å². The zero-order valence-corrected chi connectivity index (χ0v) is 19.4. The van der Waals surface area contributed by atoms with E-state index in [0.29, 0.717) is 19.3 Å². The van der Waals surface area contributed by atoms with E-state index >= 15 is 0 Å². The van der Waals surface area contributed by atoms with Gasteiger partial charge in [0.2, 0.25) is 10.0 Å². The molecule has 0 amide bonds. The van der Waals surface area contributed by atoms with E-state index in [-0.39, 0.29) is 4.90 Å². The number of ether oxygens (including phenoxy) is 1. The Balaban J connectivity index is 1.55. The first-order chi connectivity index (χ1) is 16.6. The molecule has 1 saturated carbocycles. The molecular weight excluding hydrogens is 481 g/mol. The maximum absolute atomic E-state index is 13.0. The number of nitrogens with one attached hydrogen (secondary N) is 1. The van der Waals surface area contributed by atoms with E-state index in [4.69, 9.17) is 0 Å². The van der Waals surface area contributed by atoms with Crippen molar-refractivity contribution >= 4 is 21.4 Å². The number of halogens is 3. The number of hydrogen-bond acceptors (Lipinski definition) is 5. The summed E-state index contributed by atoms with van der Waals surface area (Å²) in [5, 5.41) is 11.3. The molecular formula is C25H25F3N2O4S. The summed E-state index contributed by atoms with van der Waals surface area (Å²) >= 11 is 0. The number of anilines is 2. The van der Waals surface area contributed by atoms with Crippen LogP contribution < -0.4 is 14.4 Å². The lowest BCUT2D eigenvalue weighted by atomic mass is 9.87. The molecule has 1 aliphatic carbocycles. The standard InChI is InChI=1S/C25H25F3N2O4S/c26-25(27,28)34-20-14-16-21(17-15-20)35(32,33)29-22-12-7-13-23(24(22)31)30(18-8-3-1-4-9-18)19-10-5-2-6-11-19/h1-6,8-11,14-17,22-24,29,31H,7,12-13H2/t22-,23+,24+/m0/s1. The third-order valence-corrected chi connectivity index (χ3v) is 7.40. The summed E-state index contributed by atoms with van der Waals surface area (Å²) in [6, 6.07) is 21.9. The second-order valence-corrected chi connectivity index (χ2v) is 9.99. The quantitative estimate of drug-likeness (QED) is 0.473. The molecule has 3 aromatic carbocycles. The molecule has 10 heteroatoms. The maximum Gasteiger partial charge on any atom is 0.573 e. The molecule has 0 aromatic heterocycles. The zero-order valence-electron chi connectivity index (χ0n) is 18.6. The van der Waals surface area contributed by atoms with Gasteiger partial charge in [0.15, 0.2) is 0 Å². The first-order valence-corrected chi connectivity index (χ1v) is 12.6. The molecule has 3 atom stereocenters. The summed E-state index contributed by atoms with van der Waals surface area (Å²) in [6.07, 6.45) is -4.17. The van der Waals surface area contributed by atoms with E-state index in [1.807, 2.05) is 65.6 Å². The van der Waals surface area contributed by atoms with Crippen molar-refractivity contribution in [2.75, 3.05) is 4.90 Å². The van der Waals surface area contributed by atoms with Gasteiger partial charge in [-0.1, -0.05) is 36.4 Å². The van der Waals surface area contributed by atoms with Crippen molar-refractivity contribution in [2.45, 2.75) is 48.7 Å². The SMILES string of the molecule is O=S(=O)(N[C@H]1CCC[C@@H](N(c2ccccc2)c2ccccc2)[C@@H]1O)c1ccc(OC(F)(F)F)cc1. The number of benzene rings is 3. The lowest BCUT2D eigenvalue weighted by molar-refractivity contribution is -0.274. The second kappa shape index (κ2) is 10.3. The minimum atomic E-state index is -4.87. The molecule has 6 nitrogen and oxygen atoms in total. The van der Waals surface area contributed by atoms with E-state index in [0.717, 1.165) is 35.6 Å². The smallest absolute Gasteiger partial charge is 0.406 e. The molecule has 0 unspecified atom stereocenters. The van der Waals surface area contributed by atoms with Gasteiger partial charge < -0.3 is 14.7 Å². The molecule has 1 fully saturated rings. The van der Waals surface area contributed by atoms with Crippen LogP contribution in [0.4, 0.5) is 24.5 Å². The monoisotopic (exact) mass is 506 g/mol. The minimum absolute atomic E-state index is 0.218. The topological polar surface area (TPSA) is 78.9 Å². The Morgan fingerprint density at radius 1 is 0.857 bits per heavy atom. The molecule has 0 spiro atoms. The van der Waals surface area contributed by atoms with Gasteiger partial charge in [0.05, 0.1) is 23.1 Å². The predicted molar refractivity (Wildman–Crippen MR) is 126 cm³/mol. The van der Waals surface area contributed by atoms with E-state index < -0.39 is 40.3 Å². The number of rotatable bonds is 7. The molecule has 0 bridgehead atoms. The van der Waals surface area contributed by atoms with Crippen LogP contribution in [0.1, 0.15) is 19.3 Å². The highest BCUT2D eigenvalue weighted by Crippen LogP contribution is 2.35. The van der Waals surface area contributed by atoms with Crippen molar-refractivity contribution in [3.05, 3.63) is 84.9 Å². The van der Waals surface area contributed by atoms with Gasteiger partial charge in [-0.05, 0) is 67.8 Å². The highest BCUT2D eigenvalue weighted by Gasteiger charge is 2.38. The van der Waals surface area contributed by atoms with Crippen LogP contribution in [0, 0.1) is 0 Å². The van der Waals surface area contributed by atoms with Crippen LogP contribution in [0.25, 0.3) is 0 Å². The number of alkyl halides is 3. The summed E-state index contributed by atoms with van der Waals surface area (Å²) in [5.41, 5.74) is 1.73. The molecule has 1 aliphatic rings. The Kier molecular flexibility index (Phi) is 7.34. The van der Waals surface area contributed by atoms with Crippen molar-refractivity contribution in [1.29, 1.82) is 0 Å². The van der Waals surface area contributed by atoms with Crippen LogP contribution in [-0.2, 0) is 10.0 Å². The molecule has 3 aromatic rings. The lowest BCUT2D eigenvalue weighted by Gasteiger charge is -2.42. The van der Waals surface area contributed by atoms with Crippen LogP contribution in [0.3, 0.4) is 0 Å². The number of aliphatic hydroxyl groups is 1. The normalized spacial score (nSPS) is 20.9. The Morgan fingerprint density at radius 3 is 1.91 bits per heavy atom. The van der Waals surface area contributed by atoms with Crippen molar-refractivity contribution < 1.29 is 31.4 Å². The molecule has 186 valence electrons. The van der Waals surface area contributed by atoms with Gasteiger partial charge in [0.25, 0.3) is 0 Å². The van der Waals surface area contributed by atoms with Gasteiger partial charge >= 0.3 is 6.36 Å². The van der Waals surface area contributed by atoms with Crippen molar-refractivity contribution in [3.8, 4) is 5.75 Å². The molecule has 0 saturated heterocycles. The number of hydrogen-bond donors (Lipinski definition) is 2. The first-order valence-electron chi connectivity index (χ1n) is 11.1. The fourth-order valence-electron chi connectivity index (χ4n) is 4.36. The summed E-state index contributed by atoms with van der Waals surface area (Å²) in [6.45, 7) is 0. The van der Waals surface area contributed by atoms with Crippen LogP contribution in [-0.4, -0.2) is 38.1 Å². The predicted octanol–water partition coefficient (Wildman–Crippen LogP) is 4.98. The summed E-state index contributed by atoms with van der Waals surface area (Å²) in [4.78, 5) is 1.79. The Labute approximate surface area is 202 Å². The molecule has 0 radical (unpaired) electrons. The summed E-state index contributed by atoms with van der Waals surface area (Å²) in [5.74, 6) is -0.518. The Morgan fingerprint density at radius 2 is 1.40 bits per heavy atom. The second-order valence-electron chi connectivity index (χ2n) is 8.28. The number of nitrogens with zero attached hydrogens (tertiary/aromatic N) is 1. The minimum Gasteiger partial charge on any atom is -0.406 e. The summed E-state index contributed by atoms with van der Waals surface area (Å²) in [7, 11) is -4.10. The first kappa shape index (κ1) is 25.0. The molecule has 0 heterocycles. The van der Waals surface area contributed by atoms with Crippen molar-refractivity contribution in [1.82, 2.24) is 4.72 Å². The largest absolute Gasteiger partial charge is 0.573 e. The van der Waals surface area contributed by atoms with Gasteiger partial charge in [0, 0.05) is 11.4 Å². The molecule has 4 rings (SSSR count). The van der Waals surface area contributed by atoms with Crippen LogP contribution in [0.2, 0.25) is 0 Å². The number of aliphatic hydroxyl groups excluding tert-OH is 1. The molecule has 35 heavy (non-hydrogen) atoms. The average molecular weight is 507 g/mol. The van der Waals surface area contributed by atoms with E-state index in [9.17, 15) is 26.7 Å². The van der Waals surface area contributed by atoms with Gasteiger partial charge in [-0.15, -0.1) is 13.2 Å². The van der Waals surface area contributed by atoms with Crippen LogP contribution in [0.15, 0.2) is 89.8 Å². The van der Waals surface area contributed by atoms with Gasteiger partial charge in [-0.25, -0.2) is 13.1 Å². The van der Waals surface area contributed by atoms with E-state index in [2.05, 4.69) is 9.46 Å². The molecule has 2 N–H and O–H groups in total. The highest BCUT2D eigenvalue weighted by atomic mass is 32.2.